The van der Waals surface area contributed by atoms with Crippen LogP contribution in [0.25, 0.3) is 0 Å². The van der Waals surface area contributed by atoms with Gasteiger partial charge in [-0.2, -0.15) is 25.3 Å². The van der Waals surface area contributed by atoms with Gasteiger partial charge in [0.1, 0.15) is 0 Å². The first kappa shape index (κ1) is 81.5. The molecule has 470 valence electrons. The molecule has 0 amide bonds. The van der Waals surface area contributed by atoms with Gasteiger partial charge in [0.15, 0.2) is 0 Å². The maximum Gasteiger partial charge on any atom is 0.294 e. The van der Waals surface area contributed by atoms with E-state index < -0.39 is 48.0 Å². The molecule has 0 bridgehead atoms. The predicted molar refractivity (Wildman–Crippen MR) is 337 cm³/mol. The first-order valence-electron chi connectivity index (χ1n) is 31.1. The standard InChI is InChI=1S/3C18H30O3S.C12H22O3.Ti/c3*1-2-3-4-5-6-7-8-9-10-11-12-17-13-15-18(16-14-17)22(19,20)21;1-4-10(14)7-12(6-3,9-13)8-11(15)5-2;/h3*13-16H,2-12H2,1H3,(H,19,20,21);4-5,10-11,13-15H,1-2,6-9H2,3H3;. The Morgan fingerprint density at radius 2 is 0.573 bits per heavy atom. The summed E-state index contributed by atoms with van der Waals surface area (Å²) >= 11 is 0. The van der Waals surface area contributed by atoms with Crippen molar-refractivity contribution in [1.82, 2.24) is 0 Å². The normalized spacial score (nSPS) is 12.9. The third-order valence-electron chi connectivity index (χ3n) is 15.0. The summed E-state index contributed by atoms with van der Waals surface area (Å²) in [7, 11) is -12.2. The van der Waals surface area contributed by atoms with Crippen molar-refractivity contribution in [3.05, 3.63) is 115 Å². The van der Waals surface area contributed by atoms with E-state index in [0.29, 0.717) is 19.3 Å². The van der Waals surface area contributed by atoms with Crippen LogP contribution in [0.1, 0.15) is 256 Å². The van der Waals surface area contributed by atoms with Gasteiger partial charge in [0.05, 0.1) is 26.9 Å². The molecule has 0 fully saturated rings. The van der Waals surface area contributed by atoms with Crippen LogP contribution in [0.2, 0.25) is 0 Å². The molecule has 3 aromatic rings. The molecular weight excluding hydrogens is 1130 g/mol. The van der Waals surface area contributed by atoms with Gasteiger partial charge >= 0.3 is 0 Å². The molecule has 12 nitrogen and oxygen atoms in total. The molecule has 0 saturated carbocycles. The smallest absolute Gasteiger partial charge is 0.294 e. The number of aliphatic hydroxyl groups is 3. The Bertz CT molecular complexity index is 2080. The molecule has 3 rings (SSSR count). The Morgan fingerprint density at radius 3 is 0.732 bits per heavy atom. The maximum atomic E-state index is 10.9. The predicted octanol–water partition coefficient (Wildman–Crippen LogP) is 17.4. The van der Waals surface area contributed by atoms with E-state index >= 15 is 0 Å². The van der Waals surface area contributed by atoms with E-state index in [4.69, 9.17) is 13.7 Å². The fraction of sp³-hybridized carbons (Fsp3) is 0.667. The first-order chi connectivity index (χ1) is 38.6. The Labute approximate surface area is 515 Å². The molecule has 2 unspecified atom stereocenters. The quantitative estimate of drug-likeness (QED) is 0.0135. The molecule has 0 spiro atoms. The summed E-state index contributed by atoms with van der Waals surface area (Å²) in [6, 6.07) is 19.6. The minimum Gasteiger partial charge on any atom is -0.396 e. The molecular formula is C66H112O12S3Ti. The number of hydrogen-bond donors (Lipinski definition) is 6. The van der Waals surface area contributed by atoms with Crippen LogP contribution >= 0.6 is 0 Å². The summed E-state index contributed by atoms with van der Waals surface area (Å²) in [5, 5.41) is 28.4. The van der Waals surface area contributed by atoms with Crippen LogP contribution in [0.4, 0.5) is 0 Å². The van der Waals surface area contributed by atoms with E-state index in [-0.39, 0.29) is 43.0 Å². The minimum atomic E-state index is -4.06. The zero-order valence-electron chi connectivity index (χ0n) is 51.2. The number of aryl methyl sites for hydroxylation is 3. The van der Waals surface area contributed by atoms with E-state index in [1.54, 1.807) is 36.4 Å². The summed E-state index contributed by atoms with van der Waals surface area (Å²) in [4.78, 5) is -0.0852. The van der Waals surface area contributed by atoms with E-state index in [1.807, 2.05) is 6.92 Å². The SMILES string of the molecule is C=CC(O)CC(CC)(CO)CC(O)C=C.CCCCCCCCCCCCc1ccc(S(=O)(=O)O)cc1.CCCCCCCCCCCCc1ccc(S(=O)(=O)O)cc1.CCCCCCCCCCCCc1ccc(S(=O)(=O)O)cc1.[Ti]. The number of aliphatic hydroxyl groups excluding tert-OH is 3. The van der Waals surface area contributed by atoms with E-state index in [0.717, 1.165) is 55.2 Å². The molecule has 2 atom stereocenters. The minimum absolute atomic E-state index is 0. The average molecular weight is 1240 g/mol. The summed E-state index contributed by atoms with van der Waals surface area (Å²) in [6.07, 6.45) is 45.5. The van der Waals surface area contributed by atoms with Crippen molar-refractivity contribution in [2.75, 3.05) is 6.61 Å². The van der Waals surface area contributed by atoms with Crippen molar-refractivity contribution >= 4 is 30.4 Å². The van der Waals surface area contributed by atoms with Crippen LogP contribution < -0.4 is 0 Å². The summed E-state index contributed by atoms with van der Waals surface area (Å²) in [5.74, 6) is 0. The van der Waals surface area contributed by atoms with Crippen LogP contribution in [0.5, 0.6) is 0 Å². The largest absolute Gasteiger partial charge is 0.396 e. The molecule has 0 aromatic heterocycles. The van der Waals surface area contributed by atoms with Crippen LogP contribution in [0.3, 0.4) is 0 Å². The number of hydrogen-bond acceptors (Lipinski definition) is 9. The summed E-state index contributed by atoms with van der Waals surface area (Å²) in [6.45, 7) is 15.6. The summed E-state index contributed by atoms with van der Waals surface area (Å²) < 4.78 is 92.4. The molecule has 16 heteroatoms. The van der Waals surface area contributed by atoms with Gasteiger partial charge in [0, 0.05) is 28.3 Å². The van der Waals surface area contributed by atoms with Gasteiger partial charge in [-0.15, -0.1) is 13.2 Å². The van der Waals surface area contributed by atoms with Crippen LogP contribution in [0, 0.1) is 5.41 Å². The zero-order valence-corrected chi connectivity index (χ0v) is 55.2. The van der Waals surface area contributed by atoms with E-state index in [2.05, 4.69) is 33.9 Å². The second-order valence-electron chi connectivity index (χ2n) is 22.2. The summed E-state index contributed by atoms with van der Waals surface area (Å²) in [5.41, 5.74) is 2.94. The van der Waals surface area contributed by atoms with Crippen molar-refractivity contribution in [1.29, 1.82) is 0 Å². The van der Waals surface area contributed by atoms with Gasteiger partial charge in [-0.25, -0.2) is 0 Å². The first-order valence-corrected chi connectivity index (χ1v) is 35.4. The Kier molecular flexibility index (Phi) is 50.3. The van der Waals surface area contributed by atoms with Gasteiger partial charge in [0.25, 0.3) is 30.4 Å². The van der Waals surface area contributed by atoms with Crippen molar-refractivity contribution < 1.29 is 75.9 Å². The van der Waals surface area contributed by atoms with Gasteiger partial charge in [-0.3, -0.25) is 13.7 Å². The van der Waals surface area contributed by atoms with Crippen molar-refractivity contribution in [2.24, 2.45) is 5.41 Å². The molecule has 0 saturated heterocycles. The Balaban J connectivity index is 0. The third-order valence-corrected chi connectivity index (χ3v) is 17.6. The molecule has 6 N–H and O–H groups in total. The second kappa shape index (κ2) is 50.6. The van der Waals surface area contributed by atoms with Gasteiger partial charge in [-0.1, -0.05) is 250 Å². The number of unbranched alkanes of at least 4 members (excludes halogenated alkanes) is 27. The molecule has 3 aromatic carbocycles. The molecule has 0 aliphatic rings. The fourth-order valence-electron chi connectivity index (χ4n) is 9.60. The molecule has 82 heavy (non-hydrogen) atoms. The monoisotopic (exact) mass is 1240 g/mol. The average Bonchev–Trinajstić information content (AvgIpc) is 3.46. The second-order valence-corrected chi connectivity index (χ2v) is 26.4. The maximum absolute atomic E-state index is 10.9. The van der Waals surface area contributed by atoms with Gasteiger partial charge in [-0.05, 0) is 116 Å². The molecule has 0 aliphatic heterocycles. The zero-order chi connectivity index (χ0) is 60.7. The Morgan fingerprint density at radius 1 is 0.378 bits per heavy atom. The van der Waals surface area contributed by atoms with Crippen LogP contribution in [-0.2, 0) is 71.3 Å². The van der Waals surface area contributed by atoms with Crippen LogP contribution in [0.15, 0.2) is 113 Å². The van der Waals surface area contributed by atoms with Crippen molar-refractivity contribution in [3.8, 4) is 0 Å². The van der Waals surface area contributed by atoms with Crippen LogP contribution in [-0.4, -0.2) is 73.0 Å². The molecule has 0 radical (unpaired) electrons. The number of rotatable bonds is 44. The molecule has 0 heterocycles. The van der Waals surface area contributed by atoms with Crippen molar-refractivity contribution in [3.63, 3.8) is 0 Å². The van der Waals surface area contributed by atoms with E-state index in [1.165, 1.54) is 222 Å². The van der Waals surface area contributed by atoms with Gasteiger partial charge in [0.2, 0.25) is 0 Å². The Hall–Kier alpha value is -2.54. The molecule has 0 aliphatic carbocycles. The topological polar surface area (TPSA) is 224 Å². The van der Waals surface area contributed by atoms with Gasteiger partial charge < -0.3 is 15.3 Å². The fourth-order valence-corrected chi connectivity index (χ4v) is 11.0. The third kappa shape index (κ3) is 44.0. The number of benzene rings is 3. The van der Waals surface area contributed by atoms with Crippen molar-refractivity contribution in [2.45, 2.75) is 286 Å². The van der Waals surface area contributed by atoms with E-state index in [9.17, 15) is 40.6 Å².